The molecule has 1 aromatic rings. The van der Waals surface area contributed by atoms with Crippen LogP contribution in [0.1, 0.15) is 18.5 Å². The van der Waals surface area contributed by atoms with Gasteiger partial charge in [-0.15, -0.1) is 0 Å². The maximum atomic E-state index is 11.5. The topological polar surface area (TPSA) is 91.3 Å². The first kappa shape index (κ1) is 12.3. The number of carbonyl (C=O) groups is 2. The number of carbonyl (C=O) groups excluding carboxylic acids is 1. The van der Waals surface area contributed by atoms with Gasteiger partial charge in [0.15, 0.2) is 0 Å². The van der Waals surface area contributed by atoms with Crippen molar-refractivity contribution in [3.8, 4) is 0 Å². The molecular formula is C12H15N3O3. The Bertz CT molecular complexity index is 440. The molecule has 0 aliphatic heterocycles. The number of hydrogen-bond donors (Lipinski definition) is 3. The van der Waals surface area contributed by atoms with E-state index in [1.165, 1.54) is 19.0 Å². The van der Waals surface area contributed by atoms with Gasteiger partial charge in [-0.1, -0.05) is 0 Å². The molecule has 1 fully saturated rings. The molecule has 0 saturated heterocycles. The molecule has 96 valence electrons. The normalized spacial score (nSPS) is 14.0. The van der Waals surface area contributed by atoms with Crippen LogP contribution in [0.4, 0.5) is 10.5 Å². The lowest BCUT2D eigenvalue weighted by Crippen LogP contribution is -2.30. The van der Waals surface area contributed by atoms with Gasteiger partial charge in [0.2, 0.25) is 0 Å². The van der Waals surface area contributed by atoms with E-state index in [2.05, 4.69) is 15.6 Å². The second-order valence-corrected chi connectivity index (χ2v) is 4.39. The van der Waals surface area contributed by atoms with Gasteiger partial charge in [-0.2, -0.15) is 0 Å². The van der Waals surface area contributed by atoms with Crippen LogP contribution in [0, 0.1) is 5.92 Å². The third-order valence-corrected chi connectivity index (χ3v) is 2.66. The van der Waals surface area contributed by atoms with E-state index in [4.69, 9.17) is 5.11 Å². The summed E-state index contributed by atoms with van der Waals surface area (Å²) in [6.07, 6.45) is 3.71. The third kappa shape index (κ3) is 4.04. The highest BCUT2D eigenvalue weighted by molar-refractivity contribution is 5.89. The Labute approximate surface area is 104 Å². The highest BCUT2D eigenvalue weighted by Gasteiger charge is 2.21. The molecule has 0 spiro atoms. The van der Waals surface area contributed by atoms with Gasteiger partial charge in [0.1, 0.15) is 0 Å². The molecular weight excluding hydrogens is 234 g/mol. The minimum absolute atomic E-state index is 0.117. The second kappa shape index (κ2) is 5.48. The van der Waals surface area contributed by atoms with Crippen molar-refractivity contribution >= 4 is 17.7 Å². The Balaban J connectivity index is 1.80. The molecule has 1 saturated carbocycles. The van der Waals surface area contributed by atoms with E-state index in [9.17, 15) is 9.59 Å². The first-order valence-electron chi connectivity index (χ1n) is 5.85. The Kier molecular flexibility index (Phi) is 3.76. The predicted octanol–water partition coefficient (Wildman–Crippen LogP) is 1.24. The first-order chi connectivity index (χ1) is 8.63. The molecule has 1 aliphatic rings. The fourth-order valence-electron chi connectivity index (χ4n) is 1.49. The maximum absolute atomic E-state index is 11.5. The van der Waals surface area contributed by atoms with Crippen LogP contribution >= 0.6 is 0 Å². The standard InChI is InChI=1S/C12H15N3O3/c16-11(17)5-9-3-4-10(7-13-9)15-12(18)14-6-8-1-2-8/h3-4,7-8H,1-2,5-6H2,(H,16,17)(H2,14,15,18). The molecule has 6 nitrogen and oxygen atoms in total. The number of nitrogens with zero attached hydrogens (tertiary/aromatic N) is 1. The van der Waals surface area contributed by atoms with Crippen molar-refractivity contribution in [3.63, 3.8) is 0 Å². The molecule has 0 unspecified atom stereocenters. The molecule has 0 aromatic carbocycles. The Morgan fingerprint density at radius 1 is 1.39 bits per heavy atom. The van der Waals surface area contributed by atoms with Gasteiger partial charge in [-0.25, -0.2) is 4.79 Å². The molecule has 0 bridgehead atoms. The zero-order chi connectivity index (χ0) is 13.0. The smallest absolute Gasteiger partial charge is 0.319 e. The monoisotopic (exact) mass is 249 g/mol. The van der Waals surface area contributed by atoms with Gasteiger partial charge in [0, 0.05) is 6.54 Å². The van der Waals surface area contributed by atoms with Crippen LogP contribution in [0.5, 0.6) is 0 Å². The molecule has 18 heavy (non-hydrogen) atoms. The Morgan fingerprint density at radius 3 is 2.72 bits per heavy atom. The summed E-state index contributed by atoms with van der Waals surface area (Å²) in [5.41, 5.74) is 1.02. The zero-order valence-corrected chi connectivity index (χ0v) is 9.85. The summed E-state index contributed by atoms with van der Waals surface area (Å²) >= 11 is 0. The second-order valence-electron chi connectivity index (χ2n) is 4.39. The number of pyridine rings is 1. The summed E-state index contributed by atoms with van der Waals surface area (Å²) in [7, 11) is 0. The number of carboxylic acid groups (broad SMARTS) is 1. The van der Waals surface area contributed by atoms with Crippen LogP contribution in [0.15, 0.2) is 18.3 Å². The van der Waals surface area contributed by atoms with Crippen molar-refractivity contribution in [1.29, 1.82) is 0 Å². The van der Waals surface area contributed by atoms with Crippen molar-refractivity contribution < 1.29 is 14.7 Å². The molecule has 3 N–H and O–H groups in total. The fraction of sp³-hybridized carbons (Fsp3) is 0.417. The average molecular weight is 249 g/mol. The number of carboxylic acids is 1. The van der Waals surface area contributed by atoms with Gasteiger partial charge in [-0.3, -0.25) is 9.78 Å². The maximum Gasteiger partial charge on any atom is 0.319 e. The fourth-order valence-corrected chi connectivity index (χ4v) is 1.49. The van der Waals surface area contributed by atoms with E-state index < -0.39 is 5.97 Å². The molecule has 0 radical (unpaired) electrons. The van der Waals surface area contributed by atoms with Crippen LogP contribution in [0.25, 0.3) is 0 Å². The van der Waals surface area contributed by atoms with E-state index in [0.29, 0.717) is 23.8 Å². The average Bonchev–Trinajstić information content (AvgIpc) is 3.12. The number of anilines is 1. The minimum Gasteiger partial charge on any atom is -0.481 e. The lowest BCUT2D eigenvalue weighted by atomic mass is 10.2. The van der Waals surface area contributed by atoms with Crippen LogP contribution in [0.2, 0.25) is 0 Å². The van der Waals surface area contributed by atoms with Gasteiger partial charge < -0.3 is 15.7 Å². The van der Waals surface area contributed by atoms with Crippen LogP contribution < -0.4 is 10.6 Å². The molecule has 1 aliphatic carbocycles. The summed E-state index contributed by atoms with van der Waals surface area (Å²) in [5, 5.41) is 14.0. The highest BCUT2D eigenvalue weighted by Crippen LogP contribution is 2.27. The number of aromatic nitrogens is 1. The van der Waals surface area contributed by atoms with Crippen molar-refractivity contribution in [2.24, 2.45) is 5.92 Å². The summed E-state index contributed by atoms with van der Waals surface area (Å²) in [4.78, 5) is 25.9. The summed E-state index contributed by atoms with van der Waals surface area (Å²) in [5.74, 6) is -0.294. The van der Waals surface area contributed by atoms with Crippen molar-refractivity contribution in [2.45, 2.75) is 19.3 Å². The SMILES string of the molecule is O=C(O)Cc1ccc(NC(=O)NCC2CC2)cn1. The molecule has 2 amide bonds. The number of amides is 2. The van der Waals surface area contributed by atoms with Crippen LogP contribution in [-0.4, -0.2) is 28.6 Å². The van der Waals surface area contributed by atoms with Crippen LogP contribution in [0.3, 0.4) is 0 Å². The van der Waals surface area contributed by atoms with Gasteiger partial charge in [-0.05, 0) is 30.9 Å². The molecule has 6 heteroatoms. The summed E-state index contributed by atoms with van der Waals surface area (Å²) < 4.78 is 0. The van der Waals surface area contributed by atoms with Gasteiger partial charge in [0.05, 0.1) is 24.0 Å². The number of hydrogen-bond acceptors (Lipinski definition) is 3. The Morgan fingerprint density at radius 2 is 2.17 bits per heavy atom. The number of aliphatic carboxylic acids is 1. The number of rotatable bonds is 5. The minimum atomic E-state index is -0.926. The van der Waals surface area contributed by atoms with E-state index in [1.54, 1.807) is 12.1 Å². The van der Waals surface area contributed by atoms with E-state index in [1.807, 2.05) is 0 Å². The quantitative estimate of drug-likeness (QED) is 0.732. The third-order valence-electron chi connectivity index (χ3n) is 2.66. The van der Waals surface area contributed by atoms with E-state index in [0.717, 1.165) is 0 Å². The largest absolute Gasteiger partial charge is 0.481 e. The first-order valence-corrected chi connectivity index (χ1v) is 5.85. The van der Waals surface area contributed by atoms with Crippen molar-refractivity contribution in [3.05, 3.63) is 24.0 Å². The molecule has 1 aromatic heterocycles. The number of nitrogens with one attached hydrogen (secondary N) is 2. The number of urea groups is 1. The molecule has 0 atom stereocenters. The lowest BCUT2D eigenvalue weighted by Gasteiger charge is -2.06. The predicted molar refractivity (Wildman–Crippen MR) is 65.3 cm³/mol. The van der Waals surface area contributed by atoms with Crippen LogP contribution in [-0.2, 0) is 11.2 Å². The Hall–Kier alpha value is -2.11. The summed E-state index contributed by atoms with van der Waals surface area (Å²) in [6, 6.07) is 2.97. The van der Waals surface area contributed by atoms with E-state index >= 15 is 0 Å². The van der Waals surface area contributed by atoms with Crippen molar-refractivity contribution in [2.75, 3.05) is 11.9 Å². The zero-order valence-electron chi connectivity index (χ0n) is 9.85. The lowest BCUT2D eigenvalue weighted by molar-refractivity contribution is -0.136. The highest BCUT2D eigenvalue weighted by atomic mass is 16.4. The van der Waals surface area contributed by atoms with Crippen molar-refractivity contribution in [1.82, 2.24) is 10.3 Å². The summed E-state index contributed by atoms with van der Waals surface area (Å²) in [6.45, 7) is 0.705. The van der Waals surface area contributed by atoms with Gasteiger partial charge >= 0.3 is 12.0 Å². The van der Waals surface area contributed by atoms with Gasteiger partial charge in [0.25, 0.3) is 0 Å². The van der Waals surface area contributed by atoms with E-state index in [-0.39, 0.29) is 12.5 Å². The molecule has 1 heterocycles. The molecule has 2 rings (SSSR count).